The maximum Gasteiger partial charge on any atom is 0.0411 e. The Kier molecular flexibility index (Phi) is 7.26. The number of benzene rings is 1. The molecule has 0 heterocycles. The first kappa shape index (κ1) is 16.2. The van der Waals surface area contributed by atoms with Crippen molar-refractivity contribution in [2.75, 3.05) is 12.3 Å². The first-order valence-corrected chi connectivity index (χ1v) is 9.32. The Morgan fingerprint density at radius 1 is 1.20 bits per heavy atom. The van der Waals surface area contributed by atoms with Gasteiger partial charge < -0.3 is 5.32 Å². The van der Waals surface area contributed by atoms with Crippen LogP contribution in [0.2, 0.25) is 5.02 Å². The van der Waals surface area contributed by atoms with Crippen molar-refractivity contribution in [1.82, 2.24) is 5.32 Å². The zero-order valence-electron chi connectivity index (χ0n) is 12.4. The second-order valence-corrected chi connectivity index (χ2v) is 7.42. The molecule has 112 valence electrons. The molecule has 1 aromatic carbocycles. The zero-order chi connectivity index (χ0) is 14.2. The smallest absolute Gasteiger partial charge is 0.0411 e. The van der Waals surface area contributed by atoms with E-state index in [2.05, 4.69) is 36.1 Å². The molecule has 20 heavy (non-hydrogen) atoms. The molecular weight excluding hydrogens is 286 g/mol. The average molecular weight is 312 g/mol. The summed E-state index contributed by atoms with van der Waals surface area (Å²) < 4.78 is 0. The standard InChI is InChI=1S/C17H26ClNS/c1-2-12-19-17(14-8-10-15(18)11-9-14)13-20-16-6-4-3-5-7-16/h8-11,16-17,19H,2-7,12-13H2,1H3. The number of hydrogen-bond acceptors (Lipinski definition) is 2. The van der Waals surface area contributed by atoms with Crippen LogP contribution in [-0.4, -0.2) is 17.5 Å². The Balaban J connectivity index is 1.90. The van der Waals surface area contributed by atoms with E-state index in [9.17, 15) is 0 Å². The lowest BCUT2D eigenvalue weighted by molar-refractivity contribution is 0.513. The number of thioether (sulfide) groups is 1. The van der Waals surface area contributed by atoms with Crippen molar-refractivity contribution in [3.8, 4) is 0 Å². The second-order valence-electron chi connectivity index (χ2n) is 5.65. The summed E-state index contributed by atoms with van der Waals surface area (Å²) in [6.45, 7) is 3.30. The molecule has 1 aromatic rings. The van der Waals surface area contributed by atoms with Crippen molar-refractivity contribution in [2.45, 2.75) is 56.7 Å². The molecule has 0 aromatic heterocycles. The number of nitrogens with one attached hydrogen (secondary N) is 1. The highest BCUT2D eigenvalue weighted by Crippen LogP contribution is 2.31. The topological polar surface area (TPSA) is 12.0 Å². The van der Waals surface area contributed by atoms with Crippen molar-refractivity contribution in [2.24, 2.45) is 0 Å². The minimum Gasteiger partial charge on any atom is -0.309 e. The van der Waals surface area contributed by atoms with E-state index in [-0.39, 0.29) is 0 Å². The zero-order valence-corrected chi connectivity index (χ0v) is 14.0. The van der Waals surface area contributed by atoms with Gasteiger partial charge in [0.15, 0.2) is 0 Å². The van der Waals surface area contributed by atoms with Crippen molar-refractivity contribution in [3.63, 3.8) is 0 Å². The van der Waals surface area contributed by atoms with Gasteiger partial charge in [-0.1, -0.05) is 49.9 Å². The molecule has 1 atom stereocenters. The summed E-state index contributed by atoms with van der Waals surface area (Å²) >= 11 is 8.15. The molecule has 0 aliphatic heterocycles. The van der Waals surface area contributed by atoms with E-state index in [0.29, 0.717) is 6.04 Å². The summed E-state index contributed by atoms with van der Waals surface area (Å²) in [4.78, 5) is 0. The molecular formula is C17H26ClNS. The van der Waals surface area contributed by atoms with Crippen LogP contribution in [0, 0.1) is 0 Å². The fourth-order valence-corrected chi connectivity index (χ4v) is 4.32. The highest BCUT2D eigenvalue weighted by atomic mass is 35.5. The van der Waals surface area contributed by atoms with Crippen LogP contribution in [0.3, 0.4) is 0 Å². The molecule has 0 amide bonds. The average Bonchev–Trinajstić information content (AvgIpc) is 2.50. The van der Waals surface area contributed by atoms with E-state index in [1.807, 2.05) is 12.1 Å². The van der Waals surface area contributed by atoms with Gasteiger partial charge in [-0.2, -0.15) is 11.8 Å². The van der Waals surface area contributed by atoms with E-state index in [1.165, 1.54) is 49.8 Å². The van der Waals surface area contributed by atoms with Crippen LogP contribution in [0.1, 0.15) is 57.1 Å². The van der Waals surface area contributed by atoms with Gasteiger partial charge in [0, 0.05) is 22.1 Å². The lowest BCUT2D eigenvalue weighted by atomic mass is 10.0. The molecule has 1 aliphatic carbocycles. The van der Waals surface area contributed by atoms with Crippen molar-refractivity contribution in [3.05, 3.63) is 34.9 Å². The number of hydrogen-bond donors (Lipinski definition) is 1. The van der Waals surface area contributed by atoms with E-state index in [4.69, 9.17) is 11.6 Å². The highest BCUT2D eigenvalue weighted by molar-refractivity contribution is 7.99. The number of rotatable bonds is 7. The van der Waals surface area contributed by atoms with E-state index in [0.717, 1.165) is 16.8 Å². The van der Waals surface area contributed by atoms with Crippen molar-refractivity contribution in [1.29, 1.82) is 0 Å². The first-order valence-electron chi connectivity index (χ1n) is 7.90. The van der Waals surface area contributed by atoms with Gasteiger partial charge in [-0.15, -0.1) is 0 Å². The van der Waals surface area contributed by atoms with Crippen LogP contribution in [-0.2, 0) is 0 Å². The Bertz CT molecular complexity index is 373. The number of halogens is 1. The Morgan fingerprint density at radius 3 is 2.55 bits per heavy atom. The fraction of sp³-hybridized carbons (Fsp3) is 0.647. The molecule has 0 radical (unpaired) electrons. The third-order valence-corrected chi connectivity index (χ3v) is 5.68. The molecule has 1 unspecified atom stereocenters. The van der Waals surface area contributed by atoms with Gasteiger partial charge in [0.05, 0.1) is 0 Å². The quantitative estimate of drug-likeness (QED) is 0.719. The summed E-state index contributed by atoms with van der Waals surface area (Å²) in [6, 6.07) is 8.79. The molecule has 0 spiro atoms. The van der Waals surface area contributed by atoms with E-state index in [1.54, 1.807) is 0 Å². The molecule has 1 nitrogen and oxygen atoms in total. The summed E-state index contributed by atoms with van der Waals surface area (Å²) in [6.07, 6.45) is 8.28. The molecule has 0 saturated heterocycles. The molecule has 1 saturated carbocycles. The van der Waals surface area contributed by atoms with Crippen LogP contribution >= 0.6 is 23.4 Å². The van der Waals surface area contributed by atoms with Crippen LogP contribution in [0.5, 0.6) is 0 Å². The highest BCUT2D eigenvalue weighted by Gasteiger charge is 2.17. The maximum atomic E-state index is 5.99. The Hall–Kier alpha value is -0.180. The van der Waals surface area contributed by atoms with Crippen LogP contribution < -0.4 is 5.32 Å². The molecule has 0 bridgehead atoms. The summed E-state index contributed by atoms with van der Waals surface area (Å²) in [5.74, 6) is 1.17. The summed E-state index contributed by atoms with van der Waals surface area (Å²) in [7, 11) is 0. The normalized spacial score (nSPS) is 18.1. The molecule has 1 N–H and O–H groups in total. The summed E-state index contributed by atoms with van der Waals surface area (Å²) in [5, 5.41) is 5.38. The van der Waals surface area contributed by atoms with Crippen molar-refractivity contribution >= 4 is 23.4 Å². The molecule has 3 heteroatoms. The lowest BCUT2D eigenvalue weighted by Gasteiger charge is -2.25. The van der Waals surface area contributed by atoms with Gasteiger partial charge in [0.2, 0.25) is 0 Å². The van der Waals surface area contributed by atoms with Crippen LogP contribution in [0.25, 0.3) is 0 Å². The van der Waals surface area contributed by atoms with Crippen molar-refractivity contribution < 1.29 is 0 Å². The maximum absolute atomic E-state index is 5.99. The molecule has 1 aliphatic rings. The lowest BCUT2D eigenvalue weighted by Crippen LogP contribution is -2.25. The monoisotopic (exact) mass is 311 g/mol. The van der Waals surface area contributed by atoms with Gasteiger partial charge in [-0.3, -0.25) is 0 Å². The third kappa shape index (κ3) is 5.31. The Morgan fingerprint density at radius 2 is 1.90 bits per heavy atom. The first-order chi connectivity index (χ1) is 9.79. The van der Waals surface area contributed by atoms with Gasteiger partial charge in [0.25, 0.3) is 0 Å². The minimum absolute atomic E-state index is 0.458. The van der Waals surface area contributed by atoms with E-state index >= 15 is 0 Å². The second kappa shape index (κ2) is 8.96. The Labute approximate surface area is 132 Å². The molecule has 2 rings (SSSR count). The predicted molar refractivity (Wildman–Crippen MR) is 91.8 cm³/mol. The predicted octanol–water partition coefficient (Wildman–Crippen LogP) is 5.45. The van der Waals surface area contributed by atoms with E-state index < -0.39 is 0 Å². The van der Waals surface area contributed by atoms with Gasteiger partial charge in [0.1, 0.15) is 0 Å². The van der Waals surface area contributed by atoms with Gasteiger partial charge in [-0.05, 0) is 43.5 Å². The third-order valence-electron chi connectivity index (χ3n) is 3.96. The summed E-state index contributed by atoms with van der Waals surface area (Å²) in [5.41, 5.74) is 1.37. The van der Waals surface area contributed by atoms with Crippen LogP contribution in [0.4, 0.5) is 0 Å². The largest absolute Gasteiger partial charge is 0.309 e. The SMILES string of the molecule is CCCNC(CSC1CCCCC1)c1ccc(Cl)cc1. The minimum atomic E-state index is 0.458. The molecule has 1 fully saturated rings. The van der Waals surface area contributed by atoms with Gasteiger partial charge >= 0.3 is 0 Å². The fourth-order valence-electron chi connectivity index (χ4n) is 2.75. The van der Waals surface area contributed by atoms with Gasteiger partial charge in [-0.25, -0.2) is 0 Å². The van der Waals surface area contributed by atoms with Crippen LogP contribution in [0.15, 0.2) is 24.3 Å².